The molecular weight excluding hydrogens is 515 g/mol. The Labute approximate surface area is 240 Å². The number of nitrogens with zero attached hydrogens (tertiary/aromatic N) is 1. The number of carbonyl (C=O) groups is 1. The summed E-state index contributed by atoms with van der Waals surface area (Å²) in [6.07, 6.45) is 3.18. The summed E-state index contributed by atoms with van der Waals surface area (Å²) in [4.78, 5) is 14.9. The lowest BCUT2D eigenvalue weighted by Crippen LogP contribution is -2.52. The highest BCUT2D eigenvalue weighted by Gasteiger charge is 2.44. The van der Waals surface area contributed by atoms with Crippen molar-refractivity contribution in [3.8, 4) is 0 Å². The Morgan fingerprint density at radius 2 is 1.36 bits per heavy atom. The van der Waals surface area contributed by atoms with Gasteiger partial charge in [0.1, 0.15) is 0 Å². The first-order valence-electron chi connectivity index (χ1n) is 14.0. The van der Waals surface area contributed by atoms with E-state index in [4.69, 9.17) is 4.43 Å². The maximum absolute atomic E-state index is 12.3. The Morgan fingerprint density at radius 1 is 0.897 bits per heavy atom. The first kappa shape index (κ1) is 29.5. The van der Waals surface area contributed by atoms with Gasteiger partial charge in [0, 0.05) is 25.3 Å². The molecule has 0 spiro atoms. The maximum atomic E-state index is 12.3. The summed E-state index contributed by atoms with van der Waals surface area (Å²) in [5.74, 6) is 0. The molecule has 3 nitrogen and oxygen atoms in total. The van der Waals surface area contributed by atoms with Crippen molar-refractivity contribution < 1.29 is 9.22 Å². The van der Waals surface area contributed by atoms with E-state index in [1.807, 2.05) is 0 Å². The number of hydrogen-bond acceptors (Lipinski definition) is 4. The molecule has 1 aliphatic heterocycles. The molecule has 1 aliphatic rings. The second-order valence-electron chi connectivity index (χ2n) is 12.0. The summed E-state index contributed by atoms with van der Waals surface area (Å²) in [5, 5.41) is 0.493. The zero-order valence-corrected chi connectivity index (χ0v) is 26.1. The maximum Gasteiger partial charge on any atom is 0.192 e. The lowest BCUT2D eigenvalue weighted by Gasteiger charge is -2.49. The minimum Gasteiger partial charge on any atom is -0.413 e. The van der Waals surface area contributed by atoms with Crippen molar-refractivity contribution >= 4 is 25.2 Å². The van der Waals surface area contributed by atoms with Gasteiger partial charge in [0.05, 0.1) is 12.1 Å². The Hall–Kier alpha value is -2.44. The third-order valence-corrected chi connectivity index (χ3v) is 14.1. The molecule has 0 radical (unpaired) electrons. The van der Waals surface area contributed by atoms with Gasteiger partial charge < -0.3 is 4.43 Å². The van der Waals surface area contributed by atoms with Gasteiger partial charge in [-0.3, -0.25) is 9.69 Å². The monoisotopic (exact) mass is 557 g/mol. The van der Waals surface area contributed by atoms with Gasteiger partial charge >= 0.3 is 0 Å². The molecule has 1 saturated heterocycles. The average Bonchev–Trinajstić information content (AvgIpc) is 2.91. The Balaban J connectivity index is 1.81. The summed E-state index contributed by atoms with van der Waals surface area (Å²) >= 11 is 1.47. The number of likely N-dealkylation sites (tertiary alicyclic amines) is 1. The summed E-state index contributed by atoms with van der Waals surface area (Å²) < 4.78 is 6.57. The fraction of sp³-hybridized carbons (Fsp3) is 0.382. The number of carbonyl (C=O) groups excluding carboxylic acids is 1. The van der Waals surface area contributed by atoms with Crippen molar-refractivity contribution in [1.82, 2.24) is 4.90 Å². The van der Waals surface area contributed by atoms with Crippen LogP contribution in [0.3, 0.4) is 0 Å². The standard InChI is InChI=1S/C34H43NO2SSi/c1-27(36)38-32-22-24-35(26-28(32)23-25-37-39(5,6)33(2,3)4)34(29-16-10-7-11-17-29,30-18-12-8-13-19-30)31-20-14-9-15-21-31/h7-21,23,32H,22,24-26H2,1-6H3. The topological polar surface area (TPSA) is 29.5 Å². The average molecular weight is 558 g/mol. The van der Waals surface area contributed by atoms with Gasteiger partial charge in [-0.25, -0.2) is 0 Å². The van der Waals surface area contributed by atoms with Crippen LogP contribution >= 0.6 is 11.8 Å². The Bertz CT molecular complexity index is 1160. The van der Waals surface area contributed by atoms with Crippen LogP contribution in [0.2, 0.25) is 18.1 Å². The molecule has 0 amide bonds. The molecule has 0 aromatic heterocycles. The van der Waals surface area contributed by atoms with Crippen LogP contribution in [0.25, 0.3) is 0 Å². The zero-order chi connectivity index (χ0) is 28.1. The number of thioether (sulfide) groups is 1. The minimum atomic E-state index is -1.89. The van der Waals surface area contributed by atoms with Crippen LogP contribution in [0.15, 0.2) is 103 Å². The molecule has 1 heterocycles. The van der Waals surface area contributed by atoms with Crippen LogP contribution in [0.5, 0.6) is 0 Å². The first-order valence-corrected chi connectivity index (χ1v) is 17.8. The largest absolute Gasteiger partial charge is 0.413 e. The lowest BCUT2D eigenvalue weighted by atomic mass is 9.74. The molecule has 0 saturated carbocycles. The van der Waals surface area contributed by atoms with Gasteiger partial charge in [0.15, 0.2) is 13.4 Å². The van der Waals surface area contributed by atoms with Crippen molar-refractivity contribution in [3.05, 3.63) is 119 Å². The minimum absolute atomic E-state index is 0.153. The molecule has 4 rings (SSSR count). The molecule has 0 N–H and O–H groups in total. The lowest BCUT2D eigenvalue weighted by molar-refractivity contribution is -0.109. The van der Waals surface area contributed by atoms with E-state index in [0.717, 1.165) is 19.5 Å². The molecule has 3 aromatic rings. The van der Waals surface area contributed by atoms with Crippen molar-refractivity contribution in [2.45, 2.75) is 63.0 Å². The first-order chi connectivity index (χ1) is 18.6. The van der Waals surface area contributed by atoms with E-state index < -0.39 is 13.9 Å². The van der Waals surface area contributed by atoms with Gasteiger partial charge in [0.25, 0.3) is 0 Å². The predicted octanol–water partition coefficient (Wildman–Crippen LogP) is 8.28. The van der Waals surface area contributed by atoms with E-state index in [2.05, 4.69) is 136 Å². The Morgan fingerprint density at radius 3 is 1.77 bits per heavy atom. The van der Waals surface area contributed by atoms with Crippen molar-refractivity contribution in [2.75, 3.05) is 19.7 Å². The molecule has 39 heavy (non-hydrogen) atoms. The van der Waals surface area contributed by atoms with Crippen LogP contribution in [0.4, 0.5) is 0 Å². The van der Waals surface area contributed by atoms with Crippen molar-refractivity contribution in [2.24, 2.45) is 0 Å². The Kier molecular flexibility index (Phi) is 9.38. The highest BCUT2D eigenvalue weighted by molar-refractivity contribution is 8.14. The molecular formula is C34H43NO2SSi. The van der Waals surface area contributed by atoms with E-state index in [9.17, 15) is 4.79 Å². The van der Waals surface area contributed by atoms with E-state index in [1.165, 1.54) is 34.0 Å². The SMILES string of the molecule is CC(=O)SC1CCN(C(c2ccccc2)(c2ccccc2)c2ccccc2)CC1=CCO[Si](C)(C)C(C)(C)C. The normalized spacial score (nSPS) is 18.3. The van der Waals surface area contributed by atoms with Gasteiger partial charge in [-0.1, -0.05) is 130 Å². The molecule has 1 unspecified atom stereocenters. The van der Waals surface area contributed by atoms with Crippen LogP contribution in [0, 0.1) is 0 Å². The number of piperidine rings is 1. The fourth-order valence-corrected chi connectivity index (χ4v) is 7.22. The van der Waals surface area contributed by atoms with Crippen LogP contribution in [-0.4, -0.2) is 43.3 Å². The van der Waals surface area contributed by atoms with Gasteiger partial charge in [0.2, 0.25) is 0 Å². The van der Waals surface area contributed by atoms with Gasteiger partial charge in [-0.05, 0) is 46.8 Å². The highest BCUT2D eigenvalue weighted by Crippen LogP contribution is 2.45. The summed E-state index contributed by atoms with van der Waals surface area (Å²) in [6.45, 7) is 15.3. The smallest absolute Gasteiger partial charge is 0.192 e. The number of hydrogen-bond donors (Lipinski definition) is 0. The van der Waals surface area contributed by atoms with Crippen molar-refractivity contribution in [3.63, 3.8) is 0 Å². The molecule has 0 aliphatic carbocycles. The predicted molar refractivity (Wildman–Crippen MR) is 169 cm³/mol. The summed E-state index contributed by atoms with van der Waals surface area (Å²) in [6, 6.07) is 32.6. The molecule has 1 fully saturated rings. The zero-order valence-electron chi connectivity index (χ0n) is 24.3. The third kappa shape index (κ3) is 6.49. The molecule has 0 bridgehead atoms. The molecule has 206 valence electrons. The van der Waals surface area contributed by atoms with E-state index >= 15 is 0 Å². The van der Waals surface area contributed by atoms with Gasteiger partial charge in [-0.2, -0.15) is 0 Å². The summed E-state index contributed by atoms with van der Waals surface area (Å²) in [7, 11) is -1.89. The van der Waals surface area contributed by atoms with E-state index in [1.54, 1.807) is 6.92 Å². The number of rotatable bonds is 8. The van der Waals surface area contributed by atoms with E-state index in [0.29, 0.717) is 6.61 Å². The van der Waals surface area contributed by atoms with Crippen LogP contribution in [0.1, 0.15) is 50.8 Å². The number of benzene rings is 3. The van der Waals surface area contributed by atoms with Gasteiger partial charge in [-0.15, -0.1) is 0 Å². The quantitative estimate of drug-likeness (QED) is 0.158. The van der Waals surface area contributed by atoms with Crippen molar-refractivity contribution in [1.29, 1.82) is 0 Å². The second-order valence-corrected chi connectivity index (χ2v) is 18.2. The summed E-state index contributed by atoms with van der Waals surface area (Å²) in [5.41, 5.74) is 4.56. The van der Waals surface area contributed by atoms with E-state index in [-0.39, 0.29) is 15.4 Å². The molecule has 5 heteroatoms. The third-order valence-electron chi connectivity index (χ3n) is 8.40. The fourth-order valence-electron chi connectivity index (χ4n) is 5.34. The second kappa shape index (κ2) is 12.4. The highest BCUT2D eigenvalue weighted by atomic mass is 32.2. The van der Waals surface area contributed by atoms with Crippen LogP contribution in [-0.2, 0) is 14.8 Å². The van der Waals surface area contributed by atoms with Crippen LogP contribution < -0.4 is 0 Å². The molecule has 1 atom stereocenters. The molecule has 3 aromatic carbocycles.